The molecule has 2 nitrogen and oxygen atoms in total. The second kappa shape index (κ2) is 4.42. The summed E-state index contributed by atoms with van der Waals surface area (Å²) in [6.07, 6.45) is 5.26. The molecule has 0 spiro atoms. The van der Waals surface area contributed by atoms with Crippen LogP contribution in [0.5, 0.6) is 0 Å². The molecule has 2 N–H and O–H groups in total. The van der Waals surface area contributed by atoms with E-state index in [9.17, 15) is 0 Å². The maximum Gasteiger partial charge on any atom is 0.0792 e. The predicted molar refractivity (Wildman–Crippen MR) is 57.6 cm³/mol. The lowest BCUT2D eigenvalue weighted by atomic mass is 10.2. The van der Waals surface area contributed by atoms with Crippen molar-refractivity contribution in [2.45, 2.75) is 6.92 Å². The molecule has 0 aliphatic carbocycles. The summed E-state index contributed by atoms with van der Waals surface area (Å²) in [4.78, 5) is 2.06. The van der Waals surface area contributed by atoms with Crippen LogP contribution in [0.15, 0.2) is 24.3 Å². The smallest absolute Gasteiger partial charge is 0.0792 e. The standard InChI is InChI=1S/C11H14N2/c1-3-9-13(4-2)11-8-6-5-7-10(11)12/h1,5-8H,4,9,12H2,2H3. The Morgan fingerprint density at radius 3 is 2.69 bits per heavy atom. The third kappa shape index (κ3) is 2.16. The molecule has 1 rings (SSSR count). The Labute approximate surface area is 79.4 Å². The average molecular weight is 174 g/mol. The topological polar surface area (TPSA) is 29.3 Å². The fourth-order valence-electron chi connectivity index (χ4n) is 1.25. The summed E-state index contributed by atoms with van der Waals surface area (Å²) >= 11 is 0. The van der Waals surface area contributed by atoms with Gasteiger partial charge in [-0.25, -0.2) is 0 Å². The van der Waals surface area contributed by atoms with Crippen LogP contribution < -0.4 is 10.6 Å². The zero-order chi connectivity index (χ0) is 9.68. The third-order valence-corrected chi connectivity index (χ3v) is 1.94. The molecule has 0 heterocycles. The van der Waals surface area contributed by atoms with Crippen LogP contribution in [0.1, 0.15) is 6.92 Å². The molecule has 0 aliphatic heterocycles. The van der Waals surface area contributed by atoms with Crippen molar-refractivity contribution in [3.8, 4) is 12.3 Å². The van der Waals surface area contributed by atoms with Gasteiger partial charge in [-0.2, -0.15) is 0 Å². The van der Waals surface area contributed by atoms with Gasteiger partial charge in [0.1, 0.15) is 0 Å². The number of benzene rings is 1. The van der Waals surface area contributed by atoms with Gasteiger partial charge in [0.05, 0.1) is 17.9 Å². The summed E-state index contributed by atoms with van der Waals surface area (Å²) in [6, 6.07) is 7.75. The molecule has 0 bridgehead atoms. The van der Waals surface area contributed by atoms with Crippen LogP contribution in [0.2, 0.25) is 0 Å². The molecule has 0 aliphatic rings. The highest BCUT2D eigenvalue weighted by Gasteiger charge is 2.04. The summed E-state index contributed by atoms with van der Waals surface area (Å²) in [6.45, 7) is 3.53. The normalized spacial score (nSPS) is 9.23. The van der Waals surface area contributed by atoms with E-state index >= 15 is 0 Å². The monoisotopic (exact) mass is 174 g/mol. The van der Waals surface area contributed by atoms with E-state index in [2.05, 4.69) is 17.7 Å². The third-order valence-electron chi connectivity index (χ3n) is 1.94. The first kappa shape index (κ1) is 9.47. The zero-order valence-electron chi connectivity index (χ0n) is 7.83. The Bertz CT molecular complexity index is 312. The van der Waals surface area contributed by atoms with E-state index in [1.54, 1.807) is 0 Å². The molecule has 0 atom stereocenters. The Morgan fingerprint density at radius 1 is 1.46 bits per heavy atom. The maximum atomic E-state index is 5.82. The predicted octanol–water partition coefficient (Wildman–Crippen LogP) is 1.73. The van der Waals surface area contributed by atoms with E-state index in [1.165, 1.54) is 0 Å². The molecule has 0 aromatic heterocycles. The minimum absolute atomic E-state index is 0.602. The fraction of sp³-hybridized carbons (Fsp3) is 0.273. The second-order valence-corrected chi connectivity index (χ2v) is 2.78. The highest BCUT2D eigenvalue weighted by Crippen LogP contribution is 2.21. The molecule has 2 heteroatoms. The van der Waals surface area contributed by atoms with Crippen LogP contribution in [0, 0.1) is 12.3 Å². The molecular formula is C11H14N2. The van der Waals surface area contributed by atoms with E-state index in [-0.39, 0.29) is 0 Å². The summed E-state index contributed by atoms with van der Waals surface area (Å²) in [5, 5.41) is 0. The zero-order valence-corrected chi connectivity index (χ0v) is 7.83. The van der Waals surface area contributed by atoms with E-state index < -0.39 is 0 Å². The number of nitrogen functional groups attached to an aromatic ring is 1. The molecule has 68 valence electrons. The van der Waals surface area contributed by atoms with Gasteiger partial charge < -0.3 is 10.6 Å². The number of nitrogens with zero attached hydrogens (tertiary/aromatic N) is 1. The van der Waals surface area contributed by atoms with Crippen LogP contribution in [0.25, 0.3) is 0 Å². The highest BCUT2D eigenvalue weighted by atomic mass is 15.1. The lowest BCUT2D eigenvalue weighted by Crippen LogP contribution is -2.23. The molecule has 0 unspecified atom stereocenters. The van der Waals surface area contributed by atoms with E-state index in [4.69, 9.17) is 12.2 Å². The summed E-state index contributed by atoms with van der Waals surface area (Å²) in [5.41, 5.74) is 7.61. The number of nitrogens with two attached hydrogens (primary N) is 1. The van der Waals surface area contributed by atoms with Gasteiger partial charge in [0.15, 0.2) is 0 Å². The molecule has 1 aromatic carbocycles. The van der Waals surface area contributed by atoms with Crippen LogP contribution in [-0.4, -0.2) is 13.1 Å². The van der Waals surface area contributed by atoms with E-state index in [1.807, 2.05) is 24.3 Å². The van der Waals surface area contributed by atoms with Crippen LogP contribution in [-0.2, 0) is 0 Å². The highest BCUT2D eigenvalue weighted by molar-refractivity contribution is 5.67. The van der Waals surface area contributed by atoms with Gasteiger partial charge in [-0.15, -0.1) is 6.42 Å². The number of hydrogen-bond donors (Lipinski definition) is 1. The minimum atomic E-state index is 0.602. The van der Waals surface area contributed by atoms with Crippen LogP contribution in [0.3, 0.4) is 0 Å². The van der Waals surface area contributed by atoms with Crippen LogP contribution >= 0.6 is 0 Å². The van der Waals surface area contributed by atoms with Crippen molar-refractivity contribution in [3.63, 3.8) is 0 Å². The van der Waals surface area contributed by atoms with Gasteiger partial charge in [0, 0.05) is 6.54 Å². The van der Waals surface area contributed by atoms with Crippen molar-refractivity contribution in [1.29, 1.82) is 0 Å². The average Bonchev–Trinajstić information content (AvgIpc) is 2.16. The number of terminal acetylenes is 1. The summed E-state index contributed by atoms with van der Waals surface area (Å²) in [7, 11) is 0. The van der Waals surface area contributed by atoms with Crippen molar-refractivity contribution in [1.82, 2.24) is 0 Å². The van der Waals surface area contributed by atoms with Gasteiger partial charge in [-0.05, 0) is 19.1 Å². The van der Waals surface area contributed by atoms with Crippen molar-refractivity contribution in [2.75, 3.05) is 23.7 Å². The largest absolute Gasteiger partial charge is 0.397 e. The Hall–Kier alpha value is -1.62. The lowest BCUT2D eigenvalue weighted by molar-refractivity contribution is 0.920. The fourth-order valence-corrected chi connectivity index (χ4v) is 1.25. The summed E-state index contributed by atoms with van der Waals surface area (Å²) < 4.78 is 0. The molecule has 13 heavy (non-hydrogen) atoms. The minimum Gasteiger partial charge on any atom is -0.397 e. The Morgan fingerprint density at radius 2 is 2.15 bits per heavy atom. The Balaban J connectivity index is 2.92. The molecule has 0 saturated carbocycles. The SMILES string of the molecule is C#CCN(CC)c1ccccc1N. The Kier molecular flexibility index (Phi) is 3.22. The van der Waals surface area contributed by atoms with Crippen molar-refractivity contribution >= 4 is 11.4 Å². The number of hydrogen-bond acceptors (Lipinski definition) is 2. The lowest BCUT2D eigenvalue weighted by Gasteiger charge is -2.21. The van der Waals surface area contributed by atoms with Crippen molar-refractivity contribution in [2.24, 2.45) is 0 Å². The first-order valence-corrected chi connectivity index (χ1v) is 4.32. The van der Waals surface area contributed by atoms with Gasteiger partial charge in [0.25, 0.3) is 0 Å². The van der Waals surface area contributed by atoms with Gasteiger partial charge in [-0.1, -0.05) is 18.1 Å². The van der Waals surface area contributed by atoms with Gasteiger partial charge in [0.2, 0.25) is 0 Å². The van der Waals surface area contributed by atoms with Crippen LogP contribution in [0.4, 0.5) is 11.4 Å². The van der Waals surface area contributed by atoms with E-state index in [0.29, 0.717) is 6.54 Å². The van der Waals surface area contributed by atoms with Crippen molar-refractivity contribution < 1.29 is 0 Å². The number of anilines is 2. The van der Waals surface area contributed by atoms with Gasteiger partial charge >= 0.3 is 0 Å². The first-order valence-electron chi connectivity index (χ1n) is 4.32. The summed E-state index contributed by atoms with van der Waals surface area (Å²) in [5.74, 6) is 2.61. The molecule has 0 saturated heterocycles. The molecule has 1 aromatic rings. The maximum absolute atomic E-state index is 5.82. The number of rotatable bonds is 3. The molecule has 0 amide bonds. The van der Waals surface area contributed by atoms with Gasteiger partial charge in [-0.3, -0.25) is 0 Å². The molecule has 0 fully saturated rings. The van der Waals surface area contributed by atoms with Crippen molar-refractivity contribution in [3.05, 3.63) is 24.3 Å². The molecule has 0 radical (unpaired) electrons. The quantitative estimate of drug-likeness (QED) is 0.558. The second-order valence-electron chi connectivity index (χ2n) is 2.78. The van der Waals surface area contributed by atoms with E-state index in [0.717, 1.165) is 17.9 Å². The first-order chi connectivity index (χ1) is 6.29. The number of para-hydroxylation sites is 2. The molecular weight excluding hydrogens is 160 g/mol.